The Morgan fingerprint density at radius 3 is 1.15 bits per heavy atom. The van der Waals surface area contributed by atoms with Crippen LogP contribution in [0.25, 0.3) is 33.5 Å². The molecule has 15 rings (SSSR count). The highest BCUT2D eigenvalue weighted by molar-refractivity contribution is 7.99. The predicted molar refractivity (Wildman–Crippen MR) is 398 cm³/mol. The molecule has 0 aliphatic heterocycles. The van der Waals surface area contributed by atoms with Crippen molar-refractivity contribution in [3.05, 3.63) is 105 Å². The van der Waals surface area contributed by atoms with Crippen molar-refractivity contribution >= 4 is 86.2 Å². The molecule has 12 N–H and O–H groups in total. The number of halogens is 3. The van der Waals surface area contributed by atoms with Gasteiger partial charge in [0.15, 0.2) is 66.4 Å². The summed E-state index contributed by atoms with van der Waals surface area (Å²) in [5.41, 5.74) is -2.83. The van der Waals surface area contributed by atoms with E-state index in [1.165, 1.54) is 33.6 Å². The number of aliphatic hydroxyl groups excluding tert-OH is 8. The van der Waals surface area contributed by atoms with Crippen LogP contribution in [0.5, 0.6) is 0 Å². The second-order valence-electron chi connectivity index (χ2n) is 25.9. The van der Waals surface area contributed by atoms with E-state index in [0.717, 1.165) is 28.2 Å². The Hall–Kier alpha value is -7.14. The first kappa shape index (κ1) is 59.6. The number of fused-ring (bicyclic) bond motifs is 3. The Bertz CT molecular complexity index is 5520. The molecule has 30 nitrogen and oxygen atoms in total. The molecule has 6 aliphatic rings. The van der Waals surface area contributed by atoms with E-state index in [9.17, 15) is 54.0 Å². The molecule has 0 unspecified atom stereocenters. The van der Waals surface area contributed by atoms with Crippen LogP contribution in [-0.4, -0.2) is 250 Å². The summed E-state index contributed by atoms with van der Waals surface area (Å²) < 4.78 is 203. The number of hydrogen-bond donors (Lipinski definition) is 12. The first-order valence-electron chi connectivity index (χ1n) is 43.2. The van der Waals surface area contributed by atoms with Crippen LogP contribution in [0.15, 0.2) is 70.1 Å². The number of rotatable bonds is 30. The average Bonchev–Trinajstić information content (AvgIpc) is 1.54. The zero-order chi connectivity index (χ0) is 91.6. The maximum Gasteiger partial charge on any atom is 0.191 e. The number of ether oxygens (including phenoxy) is 3. The van der Waals surface area contributed by atoms with Crippen molar-refractivity contribution in [3.63, 3.8) is 0 Å². The fourth-order valence-electron chi connectivity index (χ4n) is 12.7. The second kappa shape index (κ2) is 35.1. The van der Waals surface area contributed by atoms with Crippen LogP contribution in [0.1, 0.15) is 171 Å². The molecule has 6 heterocycles. The number of anilines is 3. The number of benzene rings is 3. The number of nitrogens with one attached hydrogen (secondary N) is 3. The van der Waals surface area contributed by atoms with E-state index in [-0.39, 0.29) is 137 Å². The summed E-state index contributed by atoms with van der Waals surface area (Å²) in [5.74, 6) is -6.06. The van der Waals surface area contributed by atoms with Crippen molar-refractivity contribution < 1.29 is 96.6 Å². The molecule has 0 spiro atoms. The number of hydrogen-bond acceptors (Lipinski definition) is 30. The lowest BCUT2D eigenvalue weighted by Crippen LogP contribution is -2.33. The monoisotopic (exact) mass is 1570 g/mol. The molecular formula is C72H93F3N18O12S3. The molecule has 0 radical (unpaired) electrons. The fraction of sp³-hybridized carbons (Fsp3) is 0.583. The van der Waals surface area contributed by atoms with Crippen molar-refractivity contribution in [1.82, 2.24) is 74.9 Å². The molecule has 6 saturated carbocycles. The third kappa shape index (κ3) is 17.5. The third-order valence-corrected chi connectivity index (χ3v) is 21.0. The number of thioether (sulfide) groups is 3. The van der Waals surface area contributed by atoms with E-state index in [4.69, 9.17) is 42.6 Å². The number of nitrogens with zero attached hydrogens (tertiary/aromatic N) is 15. The summed E-state index contributed by atoms with van der Waals surface area (Å²) in [6.45, 7) is 2.32. The molecular weight excluding hydrogens is 1460 g/mol. The maximum atomic E-state index is 14.3. The zero-order valence-electron chi connectivity index (χ0n) is 76.1. The molecule has 582 valence electrons. The summed E-state index contributed by atoms with van der Waals surface area (Å²) >= 11 is 2.18. The number of aromatic nitrogens is 15. The summed E-state index contributed by atoms with van der Waals surface area (Å²) in [6, 6.07) is 5.24. The molecule has 0 bridgehead atoms. The molecule has 6 aromatic heterocycles. The average molecular weight is 1570 g/mol. The molecule has 108 heavy (non-hydrogen) atoms. The molecule has 6 aliphatic carbocycles. The van der Waals surface area contributed by atoms with Gasteiger partial charge in [0, 0.05) is 84.4 Å². The third-order valence-electron chi connectivity index (χ3n) is 18.6. The molecule has 3 aromatic carbocycles. The Kier molecular flexibility index (Phi) is 19.4. The molecule has 6 fully saturated rings. The van der Waals surface area contributed by atoms with E-state index in [0.29, 0.717) is 39.6 Å². The highest BCUT2D eigenvalue weighted by atomic mass is 32.2. The summed E-state index contributed by atoms with van der Waals surface area (Å²) in [5, 5.41) is 125. The topological polar surface area (TPSA) is 415 Å². The molecule has 0 saturated heterocycles. The summed E-state index contributed by atoms with van der Waals surface area (Å²) in [4.78, 5) is 26.5. The summed E-state index contributed by atoms with van der Waals surface area (Å²) in [7, 11) is 0. The van der Waals surface area contributed by atoms with Gasteiger partial charge >= 0.3 is 0 Å². The lowest BCUT2D eigenvalue weighted by molar-refractivity contribution is -0.0629. The Labute approximate surface area is 657 Å². The van der Waals surface area contributed by atoms with Gasteiger partial charge in [0.25, 0.3) is 0 Å². The first-order valence-corrected chi connectivity index (χ1v) is 37.2. The Morgan fingerprint density at radius 1 is 0.463 bits per heavy atom. The van der Waals surface area contributed by atoms with Crippen LogP contribution in [0.3, 0.4) is 0 Å². The number of aliphatic hydroxyl groups is 9. The van der Waals surface area contributed by atoms with E-state index in [1.54, 1.807) is 71.9 Å². The largest absolute Gasteiger partial charge is 0.394 e. The second-order valence-corrected chi connectivity index (χ2v) is 28.5. The normalized spacial score (nSPS) is 35.4. The van der Waals surface area contributed by atoms with Crippen LogP contribution >= 0.6 is 35.3 Å². The molecule has 36 heteroatoms. The van der Waals surface area contributed by atoms with Crippen LogP contribution in [-0.2, 0) is 14.2 Å². The van der Waals surface area contributed by atoms with Crippen LogP contribution in [0, 0.1) is 38.2 Å². The zero-order valence-corrected chi connectivity index (χ0v) is 61.5. The minimum absolute atomic E-state index is 0.00771. The van der Waals surface area contributed by atoms with Crippen molar-refractivity contribution in [1.29, 1.82) is 0 Å². The predicted octanol–water partition coefficient (Wildman–Crippen LogP) is 6.55. The highest BCUT2D eigenvalue weighted by Gasteiger charge is 2.49. The quantitative estimate of drug-likeness (QED) is 0.0168. The van der Waals surface area contributed by atoms with Crippen molar-refractivity contribution in [2.24, 2.45) is 0 Å². The molecule has 9 aromatic rings. The lowest BCUT2D eigenvalue weighted by Gasteiger charge is -2.17. The van der Waals surface area contributed by atoms with Crippen molar-refractivity contribution in [2.45, 2.75) is 224 Å². The highest BCUT2D eigenvalue weighted by Crippen LogP contribution is 2.48. The Balaban J connectivity index is 0.000000161. The van der Waals surface area contributed by atoms with E-state index in [1.807, 2.05) is 0 Å². The van der Waals surface area contributed by atoms with E-state index >= 15 is 0 Å². The van der Waals surface area contributed by atoms with E-state index < -0.39 is 176 Å². The summed E-state index contributed by atoms with van der Waals surface area (Å²) in [6.07, 6.45) is -13.3. The fourth-order valence-corrected chi connectivity index (χ4v) is 14.3. The SMILES string of the molecule is [2H]C([2H])(CC)Sc1nc(N[C@]2([2H])C[C@@]2([2H])c2ccc(C)c(F)c2)c2nnn([C@@H]3C[C@H](OCCO)[C@@H](O)[C@H]3O)c2n1.[2H]C([2H])(CO)O[C@@]1([2H])C[C@@H](n2nnc3c(N[C@]4([2H])C[C@@]4([2H])c4ccc(C)c(F)c4)nc(SC([2H])([2H])CC)nc32)[C@H](O)[C@@H]1O.[2H]C([2H])(O)CO[C@H]1C[C@@H](n2nnc3c(N[C@]4([2H])C[C@@]4([2H])c4ccc(C)c(F)c4)nc(SC([2H])([2H])CC)nc32)[C@H](O)[C@@H]1O. The van der Waals surface area contributed by atoms with Crippen molar-refractivity contribution in [3.8, 4) is 0 Å². The smallest absolute Gasteiger partial charge is 0.191 e. The minimum atomic E-state index is -2.69. The standard InChI is InChI=1S/3C24H31FN6O4S/c3*1-3-8-36-24-27-22(26-16-10-14(16)13-5-4-12(2)15(25)9-13)19-23(28-24)31(30-29-19)17-11-18(35-7-6-32)21(34)20(17)33/h3*4-5,9,14,16-18,20-21,32-34H,3,6-8,10-11H2,1-2H3,(H,26,27,28)/t3*14-,16+,17+,18-,20-,21+/m000/s1/i7D2,8D2,14D,16D,18D;6D2,8D2,14D,16D;8D2,14D,16D. The lowest BCUT2D eigenvalue weighted by atomic mass is 10.1. The maximum absolute atomic E-state index is 14.3. The van der Waals surface area contributed by atoms with Gasteiger partial charge < -0.3 is 76.1 Å². The minimum Gasteiger partial charge on any atom is -0.394 e. The molecule has 0 amide bonds. The molecule has 18 atom stereocenters. The van der Waals surface area contributed by atoms with Crippen LogP contribution in [0.2, 0.25) is 0 Å². The van der Waals surface area contributed by atoms with E-state index in [2.05, 4.69) is 76.8 Å². The van der Waals surface area contributed by atoms with Gasteiger partial charge in [-0.2, -0.15) is 0 Å². The Morgan fingerprint density at radius 2 is 0.815 bits per heavy atom. The van der Waals surface area contributed by atoms with Crippen LogP contribution < -0.4 is 16.0 Å². The van der Waals surface area contributed by atoms with Gasteiger partial charge in [-0.25, -0.2) is 57.1 Å². The number of aryl methyl sites for hydroxylation is 3. The van der Waals surface area contributed by atoms with Crippen LogP contribution in [0.4, 0.5) is 30.6 Å². The van der Waals surface area contributed by atoms with Gasteiger partial charge in [-0.3, -0.25) is 0 Å². The van der Waals surface area contributed by atoms with Gasteiger partial charge in [0.2, 0.25) is 0 Å². The first-order chi connectivity index (χ1) is 58.2. The van der Waals surface area contributed by atoms with Crippen molar-refractivity contribution in [2.75, 3.05) is 72.6 Å². The van der Waals surface area contributed by atoms with Gasteiger partial charge in [0.05, 0.1) is 86.9 Å². The van der Waals surface area contributed by atoms with Gasteiger partial charge in [-0.05, 0) is 111 Å². The van der Waals surface area contributed by atoms with Gasteiger partial charge in [-0.1, -0.05) is 108 Å². The van der Waals surface area contributed by atoms with Gasteiger partial charge in [-0.15, -0.1) is 15.3 Å². The van der Waals surface area contributed by atoms with Gasteiger partial charge in [0.1, 0.15) is 54.1 Å².